The zero-order valence-corrected chi connectivity index (χ0v) is 17.5. The molecular formula is C23H20N8O. The molecule has 0 radical (unpaired) electrons. The van der Waals surface area contributed by atoms with Crippen LogP contribution in [0.4, 0.5) is 17.3 Å². The van der Waals surface area contributed by atoms with Gasteiger partial charge in [-0.2, -0.15) is 10.2 Å². The molecule has 0 unspecified atom stereocenters. The molecule has 0 aliphatic carbocycles. The van der Waals surface area contributed by atoms with Crippen molar-refractivity contribution in [3.8, 4) is 11.4 Å². The Balaban J connectivity index is 1.46. The van der Waals surface area contributed by atoms with Crippen molar-refractivity contribution in [1.29, 1.82) is 0 Å². The number of carbonyl (C=O) groups is 1. The van der Waals surface area contributed by atoms with Gasteiger partial charge >= 0.3 is 0 Å². The lowest BCUT2D eigenvalue weighted by molar-refractivity contribution is 0.102. The fourth-order valence-electron chi connectivity index (χ4n) is 3.42. The summed E-state index contributed by atoms with van der Waals surface area (Å²) in [4.78, 5) is 21.7. The number of nitrogens with one attached hydrogen (secondary N) is 2. The van der Waals surface area contributed by atoms with Gasteiger partial charge in [0.15, 0.2) is 11.6 Å². The number of hydrogen-bond donors (Lipinski definition) is 2. The predicted octanol–water partition coefficient (Wildman–Crippen LogP) is 3.83. The van der Waals surface area contributed by atoms with Crippen LogP contribution in [0.25, 0.3) is 16.9 Å². The van der Waals surface area contributed by atoms with Crippen LogP contribution in [-0.2, 0) is 7.05 Å². The first kappa shape index (κ1) is 19.4. The molecule has 3 aromatic heterocycles. The lowest BCUT2D eigenvalue weighted by atomic mass is 10.1. The summed E-state index contributed by atoms with van der Waals surface area (Å²) in [7, 11) is 1.77. The van der Waals surface area contributed by atoms with Crippen molar-refractivity contribution in [3.05, 3.63) is 84.4 Å². The molecule has 9 heteroatoms. The maximum atomic E-state index is 12.7. The number of benzene rings is 2. The van der Waals surface area contributed by atoms with Crippen LogP contribution in [0, 0.1) is 6.92 Å². The van der Waals surface area contributed by atoms with Gasteiger partial charge in [-0.1, -0.05) is 36.4 Å². The van der Waals surface area contributed by atoms with Crippen molar-refractivity contribution < 1.29 is 4.79 Å². The van der Waals surface area contributed by atoms with Crippen LogP contribution >= 0.6 is 0 Å². The minimum Gasteiger partial charge on any atom is -0.338 e. The Morgan fingerprint density at radius 1 is 1.00 bits per heavy atom. The zero-order valence-electron chi connectivity index (χ0n) is 17.5. The monoisotopic (exact) mass is 424 g/mol. The lowest BCUT2D eigenvalue weighted by Gasteiger charge is -2.12. The van der Waals surface area contributed by atoms with Crippen molar-refractivity contribution in [2.45, 2.75) is 6.92 Å². The summed E-state index contributed by atoms with van der Waals surface area (Å²) < 4.78 is 3.35. The first-order chi connectivity index (χ1) is 15.6. The second-order valence-corrected chi connectivity index (χ2v) is 7.30. The van der Waals surface area contributed by atoms with E-state index in [2.05, 4.69) is 30.8 Å². The molecular weight excluding hydrogens is 404 g/mol. The van der Waals surface area contributed by atoms with Crippen molar-refractivity contribution in [2.75, 3.05) is 10.6 Å². The van der Waals surface area contributed by atoms with E-state index in [1.54, 1.807) is 46.8 Å². The van der Waals surface area contributed by atoms with E-state index in [0.717, 1.165) is 28.2 Å². The normalized spacial score (nSPS) is 10.9. The lowest BCUT2D eigenvalue weighted by Crippen LogP contribution is -2.15. The quantitative estimate of drug-likeness (QED) is 0.445. The van der Waals surface area contributed by atoms with E-state index in [9.17, 15) is 4.79 Å². The highest BCUT2D eigenvalue weighted by molar-refractivity contribution is 6.04. The maximum absolute atomic E-state index is 12.7. The van der Waals surface area contributed by atoms with Crippen molar-refractivity contribution in [3.63, 3.8) is 0 Å². The predicted molar refractivity (Wildman–Crippen MR) is 122 cm³/mol. The van der Waals surface area contributed by atoms with Crippen LogP contribution in [0.5, 0.6) is 0 Å². The molecule has 0 aliphatic heterocycles. The van der Waals surface area contributed by atoms with Crippen LogP contribution in [0.3, 0.4) is 0 Å². The molecule has 0 spiro atoms. The summed E-state index contributed by atoms with van der Waals surface area (Å²) in [6.45, 7) is 1.97. The third-order valence-electron chi connectivity index (χ3n) is 5.18. The number of carbonyl (C=O) groups excluding carboxylic acids is 1. The van der Waals surface area contributed by atoms with E-state index in [4.69, 9.17) is 0 Å². The molecule has 32 heavy (non-hydrogen) atoms. The molecule has 9 nitrogen and oxygen atoms in total. The number of nitrogens with zero attached hydrogens (tertiary/aromatic N) is 6. The van der Waals surface area contributed by atoms with Gasteiger partial charge in [-0.3, -0.25) is 9.48 Å². The van der Waals surface area contributed by atoms with Crippen LogP contribution in [-0.4, -0.2) is 35.3 Å². The van der Waals surface area contributed by atoms with E-state index in [-0.39, 0.29) is 5.91 Å². The first-order valence-corrected chi connectivity index (χ1v) is 10.0. The molecule has 5 rings (SSSR count). The molecule has 2 N–H and O–H groups in total. The van der Waals surface area contributed by atoms with Crippen LogP contribution in [0.15, 0.2) is 73.3 Å². The van der Waals surface area contributed by atoms with Crippen LogP contribution in [0.2, 0.25) is 0 Å². The molecule has 3 heterocycles. The van der Waals surface area contributed by atoms with Crippen molar-refractivity contribution in [1.82, 2.24) is 29.4 Å². The highest BCUT2D eigenvalue weighted by atomic mass is 16.1. The molecule has 0 saturated heterocycles. The summed E-state index contributed by atoms with van der Waals surface area (Å²) in [6.07, 6.45) is 4.85. The summed E-state index contributed by atoms with van der Waals surface area (Å²) >= 11 is 0. The number of rotatable bonds is 5. The Hall–Kier alpha value is -4.53. The summed E-state index contributed by atoms with van der Waals surface area (Å²) in [5.74, 6) is 1.73. The Kier molecular flexibility index (Phi) is 4.83. The first-order valence-electron chi connectivity index (χ1n) is 10.0. The summed E-state index contributed by atoms with van der Waals surface area (Å²) in [6, 6.07) is 17.1. The second-order valence-electron chi connectivity index (χ2n) is 7.30. The van der Waals surface area contributed by atoms with Crippen molar-refractivity contribution >= 4 is 28.7 Å². The molecule has 0 aliphatic rings. The minimum atomic E-state index is -0.222. The fraction of sp³-hybridized carbons (Fsp3) is 0.0870. The van der Waals surface area contributed by atoms with E-state index >= 15 is 0 Å². The van der Waals surface area contributed by atoms with Crippen LogP contribution < -0.4 is 10.6 Å². The minimum absolute atomic E-state index is 0.222. The number of anilines is 3. The third kappa shape index (κ3) is 3.56. The zero-order chi connectivity index (χ0) is 22.1. The number of fused-ring (bicyclic) bond motifs is 1. The molecule has 0 bridgehead atoms. The average molecular weight is 424 g/mol. The Morgan fingerprint density at radius 2 is 1.84 bits per heavy atom. The van der Waals surface area contributed by atoms with Gasteiger partial charge in [-0.05, 0) is 24.6 Å². The van der Waals surface area contributed by atoms with E-state index < -0.39 is 0 Å². The van der Waals surface area contributed by atoms with E-state index in [1.165, 1.54) is 6.33 Å². The van der Waals surface area contributed by atoms with Gasteiger partial charge in [0.2, 0.25) is 0 Å². The second kappa shape index (κ2) is 7.95. The van der Waals surface area contributed by atoms with E-state index in [0.29, 0.717) is 17.2 Å². The molecule has 158 valence electrons. The Labute approximate surface area is 183 Å². The van der Waals surface area contributed by atoms with Crippen LogP contribution in [0.1, 0.15) is 15.9 Å². The maximum Gasteiger partial charge on any atom is 0.256 e. The molecule has 0 saturated carbocycles. The Morgan fingerprint density at radius 3 is 2.62 bits per heavy atom. The topological polar surface area (TPSA) is 102 Å². The SMILES string of the molecule is Cc1ccc(C(=O)Nc2ccnn2C)cc1Nc1ncnn2c(-c3ccccc3)ncc12. The van der Waals surface area contributed by atoms with Gasteiger partial charge in [0, 0.05) is 29.9 Å². The number of aryl methyl sites for hydroxylation is 2. The van der Waals surface area contributed by atoms with Gasteiger partial charge in [-0.25, -0.2) is 14.5 Å². The molecule has 0 fully saturated rings. The highest BCUT2D eigenvalue weighted by Crippen LogP contribution is 2.26. The largest absolute Gasteiger partial charge is 0.338 e. The molecule has 5 aromatic rings. The van der Waals surface area contributed by atoms with Gasteiger partial charge in [-0.15, -0.1) is 0 Å². The third-order valence-corrected chi connectivity index (χ3v) is 5.18. The standard InChI is InChI=1S/C23H20N8O/c1-15-8-9-17(23(32)29-20-10-11-26-30(20)2)12-18(15)28-21-19-13-24-22(31(19)27-14-25-21)16-6-4-3-5-7-16/h3-14H,1-2H3,(H,29,32)(H,25,27,28). The number of hydrogen-bond acceptors (Lipinski definition) is 6. The smallest absolute Gasteiger partial charge is 0.256 e. The fourth-order valence-corrected chi connectivity index (χ4v) is 3.42. The number of aromatic nitrogens is 6. The number of amides is 1. The van der Waals surface area contributed by atoms with Gasteiger partial charge in [0.05, 0.1) is 12.4 Å². The molecule has 2 aromatic carbocycles. The summed E-state index contributed by atoms with van der Waals surface area (Å²) in [5.41, 5.74) is 3.95. The highest BCUT2D eigenvalue weighted by Gasteiger charge is 2.14. The summed E-state index contributed by atoms with van der Waals surface area (Å²) in [5, 5.41) is 14.6. The average Bonchev–Trinajstić information content (AvgIpc) is 3.42. The van der Waals surface area contributed by atoms with Gasteiger partial charge in [0.1, 0.15) is 17.7 Å². The number of imidazole rings is 1. The Bertz CT molecular complexity index is 1420. The molecule has 0 atom stereocenters. The molecule has 1 amide bonds. The van der Waals surface area contributed by atoms with Gasteiger partial charge in [0.25, 0.3) is 5.91 Å². The van der Waals surface area contributed by atoms with Crippen molar-refractivity contribution in [2.24, 2.45) is 7.05 Å². The van der Waals surface area contributed by atoms with E-state index in [1.807, 2.05) is 43.3 Å². The van der Waals surface area contributed by atoms with Gasteiger partial charge < -0.3 is 10.6 Å².